The smallest absolute Gasteiger partial charge is 0.313 e. The fourth-order valence-corrected chi connectivity index (χ4v) is 2.17. The van der Waals surface area contributed by atoms with E-state index in [1.54, 1.807) is 13.0 Å². The number of rotatable bonds is 5. The van der Waals surface area contributed by atoms with Crippen LogP contribution in [0.25, 0.3) is 0 Å². The Kier molecular flexibility index (Phi) is 4.38. The minimum absolute atomic E-state index is 0.137. The standard InChI is InChI=1S/C14H23NO2/c1-4-5-6-7-11-8-9-14(3,13(16)17)10(2)12(11)15/h8-10H,4-7,15H2,1-3H3,(H,16,17). The van der Waals surface area contributed by atoms with E-state index in [4.69, 9.17) is 5.73 Å². The Morgan fingerprint density at radius 2 is 2.18 bits per heavy atom. The highest BCUT2D eigenvalue weighted by molar-refractivity contribution is 5.78. The lowest BCUT2D eigenvalue weighted by atomic mass is 9.71. The second kappa shape index (κ2) is 5.39. The summed E-state index contributed by atoms with van der Waals surface area (Å²) in [5, 5.41) is 9.26. The topological polar surface area (TPSA) is 63.3 Å². The molecule has 0 aromatic rings. The van der Waals surface area contributed by atoms with E-state index in [-0.39, 0.29) is 5.92 Å². The summed E-state index contributed by atoms with van der Waals surface area (Å²) >= 11 is 0. The molecule has 1 aliphatic rings. The summed E-state index contributed by atoms with van der Waals surface area (Å²) in [6.45, 7) is 5.79. The molecule has 3 heteroatoms. The zero-order valence-electron chi connectivity index (χ0n) is 11.0. The van der Waals surface area contributed by atoms with E-state index in [9.17, 15) is 9.90 Å². The quantitative estimate of drug-likeness (QED) is 0.722. The molecule has 0 spiro atoms. The van der Waals surface area contributed by atoms with Crippen molar-refractivity contribution < 1.29 is 9.90 Å². The van der Waals surface area contributed by atoms with Crippen LogP contribution in [0.15, 0.2) is 23.4 Å². The molecule has 0 heterocycles. The normalized spacial score (nSPS) is 28.5. The van der Waals surface area contributed by atoms with Gasteiger partial charge >= 0.3 is 5.97 Å². The lowest BCUT2D eigenvalue weighted by Crippen LogP contribution is -2.37. The molecule has 3 N–H and O–H groups in total. The van der Waals surface area contributed by atoms with Crippen LogP contribution in [0.2, 0.25) is 0 Å². The van der Waals surface area contributed by atoms with Gasteiger partial charge in [0.15, 0.2) is 0 Å². The first kappa shape index (κ1) is 13.8. The van der Waals surface area contributed by atoms with Gasteiger partial charge in [0.25, 0.3) is 0 Å². The molecule has 0 aromatic heterocycles. The second-order valence-corrected chi connectivity index (χ2v) is 5.08. The van der Waals surface area contributed by atoms with Gasteiger partial charge in [-0.1, -0.05) is 38.8 Å². The molecule has 0 bridgehead atoms. The van der Waals surface area contributed by atoms with E-state index in [1.165, 1.54) is 12.8 Å². The van der Waals surface area contributed by atoms with Crippen LogP contribution in [0.1, 0.15) is 46.5 Å². The third-order valence-electron chi connectivity index (χ3n) is 3.88. The molecule has 0 amide bonds. The summed E-state index contributed by atoms with van der Waals surface area (Å²) in [6.07, 6.45) is 8.13. The lowest BCUT2D eigenvalue weighted by Gasteiger charge is -2.33. The van der Waals surface area contributed by atoms with E-state index < -0.39 is 11.4 Å². The molecule has 3 nitrogen and oxygen atoms in total. The number of carboxylic acids is 1. The van der Waals surface area contributed by atoms with E-state index in [2.05, 4.69) is 6.92 Å². The van der Waals surface area contributed by atoms with Crippen LogP contribution in [0.5, 0.6) is 0 Å². The molecule has 17 heavy (non-hydrogen) atoms. The highest BCUT2D eigenvalue weighted by Crippen LogP contribution is 2.38. The number of carboxylic acid groups (broad SMARTS) is 1. The number of hydrogen-bond acceptors (Lipinski definition) is 2. The molecule has 2 unspecified atom stereocenters. The molecule has 1 aliphatic carbocycles. The summed E-state index contributed by atoms with van der Waals surface area (Å²) in [5.41, 5.74) is 7.08. The molecule has 0 saturated heterocycles. The number of unbranched alkanes of at least 4 members (excludes halogenated alkanes) is 2. The molecule has 0 radical (unpaired) electrons. The summed E-state index contributed by atoms with van der Waals surface area (Å²) < 4.78 is 0. The van der Waals surface area contributed by atoms with Crippen LogP contribution in [0.4, 0.5) is 0 Å². The van der Waals surface area contributed by atoms with Crippen LogP contribution >= 0.6 is 0 Å². The van der Waals surface area contributed by atoms with Gasteiger partial charge in [-0.15, -0.1) is 0 Å². The van der Waals surface area contributed by atoms with Gasteiger partial charge in [-0.25, -0.2) is 0 Å². The maximum atomic E-state index is 11.3. The van der Waals surface area contributed by atoms with Gasteiger partial charge in [0, 0.05) is 11.6 Å². The SMILES string of the molecule is CCCCCC1=C(N)C(C)C(C)(C(=O)O)C=C1. The second-order valence-electron chi connectivity index (χ2n) is 5.08. The molecule has 1 rings (SSSR count). The third kappa shape index (κ3) is 2.71. The predicted octanol–water partition coefficient (Wildman–Crippen LogP) is 3.08. The van der Waals surface area contributed by atoms with Crippen molar-refractivity contribution in [1.29, 1.82) is 0 Å². The summed E-state index contributed by atoms with van der Waals surface area (Å²) in [7, 11) is 0. The van der Waals surface area contributed by atoms with Crippen LogP contribution in [-0.4, -0.2) is 11.1 Å². The fourth-order valence-electron chi connectivity index (χ4n) is 2.17. The molecule has 0 fully saturated rings. The van der Waals surface area contributed by atoms with Crippen molar-refractivity contribution in [3.8, 4) is 0 Å². The Labute approximate surface area is 103 Å². The summed E-state index contributed by atoms with van der Waals surface area (Å²) in [6, 6.07) is 0. The zero-order valence-corrected chi connectivity index (χ0v) is 11.0. The Hall–Kier alpha value is -1.25. The number of allylic oxidation sites excluding steroid dienone is 3. The van der Waals surface area contributed by atoms with Crippen LogP contribution in [0.3, 0.4) is 0 Å². The van der Waals surface area contributed by atoms with Gasteiger partial charge in [0.1, 0.15) is 0 Å². The zero-order chi connectivity index (χ0) is 13.1. The molecule has 0 aromatic carbocycles. The molecule has 0 aliphatic heterocycles. The van der Waals surface area contributed by atoms with Crippen molar-refractivity contribution in [2.45, 2.75) is 46.5 Å². The maximum Gasteiger partial charge on any atom is 0.313 e. The van der Waals surface area contributed by atoms with Gasteiger partial charge in [-0.2, -0.15) is 0 Å². The molecular weight excluding hydrogens is 214 g/mol. The van der Waals surface area contributed by atoms with Gasteiger partial charge in [-0.3, -0.25) is 4.79 Å². The van der Waals surface area contributed by atoms with Crippen molar-refractivity contribution in [1.82, 2.24) is 0 Å². The van der Waals surface area contributed by atoms with Gasteiger partial charge < -0.3 is 10.8 Å². The number of hydrogen-bond donors (Lipinski definition) is 2. The largest absolute Gasteiger partial charge is 0.481 e. The van der Waals surface area contributed by atoms with Crippen LogP contribution < -0.4 is 5.73 Å². The number of nitrogens with two attached hydrogens (primary N) is 1. The molecule has 2 atom stereocenters. The van der Waals surface area contributed by atoms with E-state index >= 15 is 0 Å². The monoisotopic (exact) mass is 237 g/mol. The van der Waals surface area contributed by atoms with E-state index in [0.717, 1.165) is 24.1 Å². The highest BCUT2D eigenvalue weighted by Gasteiger charge is 2.40. The van der Waals surface area contributed by atoms with Crippen molar-refractivity contribution in [2.24, 2.45) is 17.1 Å². The summed E-state index contributed by atoms with van der Waals surface area (Å²) in [5.74, 6) is -0.946. The first-order valence-corrected chi connectivity index (χ1v) is 6.34. The summed E-state index contributed by atoms with van der Waals surface area (Å²) in [4.78, 5) is 11.3. The molecule has 96 valence electrons. The Bertz CT molecular complexity index is 357. The van der Waals surface area contributed by atoms with Gasteiger partial charge in [-0.05, 0) is 25.3 Å². The van der Waals surface area contributed by atoms with E-state index in [0.29, 0.717) is 0 Å². The predicted molar refractivity (Wildman–Crippen MR) is 69.4 cm³/mol. The van der Waals surface area contributed by atoms with Crippen molar-refractivity contribution >= 4 is 5.97 Å². The number of aliphatic carboxylic acids is 1. The Balaban J connectivity index is 2.82. The number of carbonyl (C=O) groups is 1. The Morgan fingerprint density at radius 1 is 1.53 bits per heavy atom. The Morgan fingerprint density at radius 3 is 2.71 bits per heavy atom. The van der Waals surface area contributed by atoms with Gasteiger partial charge in [0.2, 0.25) is 0 Å². The lowest BCUT2D eigenvalue weighted by molar-refractivity contribution is -0.147. The first-order chi connectivity index (χ1) is 7.93. The molecular formula is C14H23NO2. The minimum Gasteiger partial charge on any atom is -0.481 e. The van der Waals surface area contributed by atoms with Crippen LogP contribution in [-0.2, 0) is 4.79 Å². The highest BCUT2D eigenvalue weighted by atomic mass is 16.4. The average Bonchev–Trinajstić information content (AvgIpc) is 2.29. The van der Waals surface area contributed by atoms with Gasteiger partial charge in [0.05, 0.1) is 5.41 Å². The van der Waals surface area contributed by atoms with E-state index in [1.807, 2.05) is 13.0 Å². The van der Waals surface area contributed by atoms with Crippen LogP contribution in [0, 0.1) is 11.3 Å². The van der Waals surface area contributed by atoms with Crippen molar-refractivity contribution in [3.63, 3.8) is 0 Å². The first-order valence-electron chi connectivity index (χ1n) is 6.34. The fraction of sp³-hybridized carbons (Fsp3) is 0.643. The molecule has 0 saturated carbocycles. The minimum atomic E-state index is -0.863. The average molecular weight is 237 g/mol. The van der Waals surface area contributed by atoms with Crippen molar-refractivity contribution in [3.05, 3.63) is 23.4 Å². The van der Waals surface area contributed by atoms with Crippen molar-refractivity contribution in [2.75, 3.05) is 0 Å². The third-order valence-corrected chi connectivity index (χ3v) is 3.88. The maximum absolute atomic E-state index is 11.3.